The Hall–Kier alpha value is -3.60. The van der Waals surface area contributed by atoms with Crippen molar-refractivity contribution in [3.8, 4) is 0 Å². The molecule has 1 amide bonds. The molecule has 0 aliphatic rings. The summed E-state index contributed by atoms with van der Waals surface area (Å²) < 4.78 is 4.69. The Morgan fingerprint density at radius 1 is 0.786 bits per heavy atom. The number of ether oxygens (including phenoxy) is 1. The molecule has 3 aromatic rings. The topological polar surface area (TPSA) is 67.4 Å². The van der Waals surface area contributed by atoms with Gasteiger partial charge in [0.15, 0.2) is 0 Å². The van der Waals surface area contributed by atoms with Crippen LogP contribution in [0.15, 0.2) is 78.9 Å². The van der Waals surface area contributed by atoms with Gasteiger partial charge < -0.3 is 15.4 Å². The first kappa shape index (κ1) is 19.2. The smallest absolute Gasteiger partial charge is 0.337 e. The van der Waals surface area contributed by atoms with Crippen LogP contribution >= 0.6 is 0 Å². The molecular weight excluding hydrogens is 352 g/mol. The van der Waals surface area contributed by atoms with Gasteiger partial charge in [-0.15, -0.1) is 0 Å². The summed E-state index contributed by atoms with van der Waals surface area (Å²) in [6.07, 6.45) is 1.16. The summed E-state index contributed by atoms with van der Waals surface area (Å²) in [5.41, 5.74) is 4.14. The Bertz CT molecular complexity index is 920. The van der Waals surface area contributed by atoms with E-state index in [1.165, 1.54) is 7.11 Å². The van der Waals surface area contributed by atoms with E-state index in [2.05, 4.69) is 15.4 Å². The van der Waals surface area contributed by atoms with Gasteiger partial charge in [0.1, 0.15) is 0 Å². The van der Waals surface area contributed by atoms with Gasteiger partial charge >= 0.3 is 5.97 Å². The number of benzene rings is 3. The van der Waals surface area contributed by atoms with Crippen LogP contribution in [-0.4, -0.2) is 19.0 Å². The molecule has 0 aliphatic heterocycles. The third-order valence-electron chi connectivity index (χ3n) is 4.25. The van der Waals surface area contributed by atoms with Crippen LogP contribution in [0.4, 0.5) is 17.1 Å². The Labute approximate surface area is 164 Å². The Kier molecular flexibility index (Phi) is 6.41. The zero-order chi connectivity index (χ0) is 19.8. The van der Waals surface area contributed by atoms with Crippen LogP contribution in [0, 0.1) is 0 Å². The highest BCUT2D eigenvalue weighted by atomic mass is 16.5. The largest absolute Gasteiger partial charge is 0.465 e. The molecule has 0 aromatic heterocycles. The number of amides is 1. The molecule has 0 atom stereocenters. The molecule has 0 spiro atoms. The minimum absolute atomic E-state index is 0.0111. The number of hydrogen-bond donors (Lipinski definition) is 2. The van der Waals surface area contributed by atoms with E-state index in [9.17, 15) is 9.59 Å². The number of aryl methyl sites for hydroxylation is 1. The number of carbonyl (C=O) groups is 2. The summed E-state index contributed by atoms with van der Waals surface area (Å²) in [4.78, 5) is 23.6. The third kappa shape index (κ3) is 5.45. The molecule has 0 radical (unpaired) electrons. The van der Waals surface area contributed by atoms with Crippen molar-refractivity contribution in [1.29, 1.82) is 0 Å². The maximum Gasteiger partial charge on any atom is 0.337 e. The molecule has 5 nitrogen and oxygen atoms in total. The van der Waals surface area contributed by atoms with Crippen molar-refractivity contribution in [2.45, 2.75) is 12.8 Å². The van der Waals surface area contributed by atoms with Crippen molar-refractivity contribution >= 4 is 28.9 Å². The van der Waals surface area contributed by atoms with E-state index < -0.39 is 0 Å². The quantitative estimate of drug-likeness (QED) is 0.584. The van der Waals surface area contributed by atoms with Crippen LogP contribution in [-0.2, 0) is 16.0 Å². The Balaban J connectivity index is 1.51. The first-order valence-electron chi connectivity index (χ1n) is 9.03. The van der Waals surface area contributed by atoms with Gasteiger partial charge in [0.25, 0.3) is 0 Å². The average molecular weight is 374 g/mol. The second kappa shape index (κ2) is 9.37. The van der Waals surface area contributed by atoms with Crippen LogP contribution in [0.2, 0.25) is 0 Å². The number of nitrogens with one attached hydrogen (secondary N) is 2. The van der Waals surface area contributed by atoms with Crippen LogP contribution in [0.5, 0.6) is 0 Å². The first-order valence-corrected chi connectivity index (χ1v) is 9.03. The normalized spacial score (nSPS) is 10.2. The molecule has 28 heavy (non-hydrogen) atoms. The molecule has 0 heterocycles. The minimum Gasteiger partial charge on any atom is -0.465 e. The summed E-state index contributed by atoms with van der Waals surface area (Å²) in [5.74, 6) is -0.373. The number of rotatable bonds is 7. The van der Waals surface area contributed by atoms with Crippen molar-refractivity contribution in [1.82, 2.24) is 0 Å². The van der Waals surface area contributed by atoms with E-state index in [0.29, 0.717) is 18.4 Å². The Morgan fingerprint density at radius 3 is 1.96 bits per heavy atom. The zero-order valence-electron chi connectivity index (χ0n) is 15.6. The highest BCUT2D eigenvalue weighted by Gasteiger charge is 2.05. The molecule has 3 rings (SSSR count). The molecule has 0 bridgehead atoms. The van der Waals surface area contributed by atoms with Crippen molar-refractivity contribution in [3.63, 3.8) is 0 Å². The number of anilines is 3. The molecule has 0 saturated carbocycles. The molecule has 3 aromatic carbocycles. The van der Waals surface area contributed by atoms with E-state index >= 15 is 0 Å². The fourth-order valence-corrected chi connectivity index (χ4v) is 2.74. The van der Waals surface area contributed by atoms with Crippen molar-refractivity contribution in [2.24, 2.45) is 0 Å². The van der Waals surface area contributed by atoms with Crippen LogP contribution < -0.4 is 10.6 Å². The second-order valence-electron chi connectivity index (χ2n) is 6.31. The van der Waals surface area contributed by atoms with Gasteiger partial charge in [-0.05, 0) is 60.5 Å². The summed E-state index contributed by atoms with van der Waals surface area (Å²) in [6.45, 7) is 0. The lowest BCUT2D eigenvalue weighted by Crippen LogP contribution is -2.12. The summed E-state index contributed by atoms with van der Waals surface area (Å²) >= 11 is 0. The molecule has 0 unspecified atom stereocenters. The number of methoxy groups -OCH3 is 1. The van der Waals surface area contributed by atoms with Crippen LogP contribution in [0.25, 0.3) is 0 Å². The third-order valence-corrected chi connectivity index (χ3v) is 4.25. The van der Waals surface area contributed by atoms with E-state index in [0.717, 1.165) is 22.6 Å². The van der Waals surface area contributed by atoms with E-state index in [4.69, 9.17) is 0 Å². The number of hydrogen-bond acceptors (Lipinski definition) is 4. The molecule has 0 aliphatic carbocycles. The highest BCUT2D eigenvalue weighted by Crippen LogP contribution is 2.20. The van der Waals surface area contributed by atoms with Crippen molar-refractivity contribution < 1.29 is 14.3 Å². The summed E-state index contributed by atoms with van der Waals surface area (Å²) in [6, 6.07) is 24.5. The lowest BCUT2D eigenvalue weighted by atomic mass is 10.1. The highest BCUT2D eigenvalue weighted by molar-refractivity contribution is 5.91. The molecule has 5 heteroatoms. The fourth-order valence-electron chi connectivity index (χ4n) is 2.74. The van der Waals surface area contributed by atoms with Gasteiger partial charge in [-0.2, -0.15) is 0 Å². The average Bonchev–Trinajstić information content (AvgIpc) is 2.74. The zero-order valence-corrected chi connectivity index (χ0v) is 15.6. The second-order valence-corrected chi connectivity index (χ2v) is 6.31. The lowest BCUT2D eigenvalue weighted by Gasteiger charge is -2.09. The molecular formula is C23H22N2O3. The SMILES string of the molecule is COC(=O)c1ccc(Nc2ccc(NC(=O)CCc3ccccc3)cc2)cc1. The predicted molar refractivity (Wildman–Crippen MR) is 111 cm³/mol. The monoisotopic (exact) mass is 374 g/mol. The first-order chi connectivity index (χ1) is 13.6. The Morgan fingerprint density at radius 2 is 1.36 bits per heavy atom. The van der Waals surface area contributed by atoms with E-state index in [1.54, 1.807) is 12.1 Å². The van der Waals surface area contributed by atoms with Crippen LogP contribution in [0.3, 0.4) is 0 Å². The van der Waals surface area contributed by atoms with Crippen molar-refractivity contribution in [3.05, 3.63) is 90.0 Å². The van der Waals surface area contributed by atoms with Gasteiger partial charge in [0, 0.05) is 23.5 Å². The van der Waals surface area contributed by atoms with E-state index in [1.807, 2.05) is 66.7 Å². The standard InChI is InChI=1S/C23H22N2O3/c1-28-23(27)18-8-10-19(11-9-18)24-20-12-14-21(15-13-20)25-22(26)16-7-17-5-3-2-4-6-17/h2-6,8-15,24H,7,16H2,1H3,(H,25,26). The lowest BCUT2D eigenvalue weighted by molar-refractivity contribution is -0.116. The van der Waals surface area contributed by atoms with Gasteiger partial charge in [-0.3, -0.25) is 4.79 Å². The van der Waals surface area contributed by atoms with Gasteiger partial charge in [-0.1, -0.05) is 30.3 Å². The summed E-state index contributed by atoms with van der Waals surface area (Å²) in [5, 5.41) is 6.16. The maximum atomic E-state index is 12.1. The molecule has 0 fully saturated rings. The van der Waals surface area contributed by atoms with Crippen molar-refractivity contribution in [2.75, 3.05) is 17.7 Å². The number of esters is 1. The predicted octanol–water partition coefficient (Wildman–Crippen LogP) is 4.79. The van der Waals surface area contributed by atoms with Crippen LogP contribution in [0.1, 0.15) is 22.3 Å². The van der Waals surface area contributed by atoms with Gasteiger partial charge in [-0.25, -0.2) is 4.79 Å². The minimum atomic E-state index is -0.362. The fraction of sp³-hybridized carbons (Fsp3) is 0.130. The number of carbonyl (C=O) groups excluding carboxylic acids is 2. The maximum absolute atomic E-state index is 12.1. The van der Waals surface area contributed by atoms with Gasteiger partial charge in [0.2, 0.25) is 5.91 Å². The summed E-state index contributed by atoms with van der Waals surface area (Å²) in [7, 11) is 1.36. The molecule has 142 valence electrons. The molecule has 0 saturated heterocycles. The van der Waals surface area contributed by atoms with E-state index in [-0.39, 0.29) is 11.9 Å². The van der Waals surface area contributed by atoms with Gasteiger partial charge in [0.05, 0.1) is 12.7 Å². The molecule has 2 N–H and O–H groups in total.